The van der Waals surface area contributed by atoms with Crippen molar-refractivity contribution in [1.29, 1.82) is 0 Å². The Hall–Kier alpha value is -1.65. The van der Waals surface area contributed by atoms with Gasteiger partial charge in [-0.25, -0.2) is 4.98 Å². The maximum Gasteiger partial charge on any atom is 0.271 e. The van der Waals surface area contributed by atoms with E-state index in [-0.39, 0.29) is 11.3 Å². The first-order chi connectivity index (χ1) is 8.98. The van der Waals surface area contributed by atoms with Crippen LogP contribution in [0.5, 0.6) is 0 Å². The Kier molecular flexibility index (Phi) is 5.73. The van der Waals surface area contributed by atoms with Crippen LogP contribution in [0.25, 0.3) is 0 Å². The SMILES string of the molecule is CCCNc1cncc(C(=O)NCC(C)(C)CC)n1. The van der Waals surface area contributed by atoms with E-state index >= 15 is 0 Å². The van der Waals surface area contributed by atoms with E-state index in [1.165, 1.54) is 6.20 Å². The topological polar surface area (TPSA) is 66.9 Å². The standard InChI is InChI=1S/C14H24N4O/c1-5-7-16-12-9-15-8-11(18-12)13(19)17-10-14(3,4)6-2/h8-9H,5-7,10H2,1-4H3,(H,16,18)(H,17,19). The quantitative estimate of drug-likeness (QED) is 0.794. The molecule has 0 atom stereocenters. The Morgan fingerprint density at radius 3 is 2.68 bits per heavy atom. The number of aromatic nitrogens is 2. The summed E-state index contributed by atoms with van der Waals surface area (Å²) in [6.45, 7) is 9.89. The van der Waals surface area contributed by atoms with Gasteiger partial charge < -0.3 is 10.6 Å². The molecule has 0 bridgehead atoms. The van der Waals surface area contributed by atoms with Gasteiger partial charge in [0.1, 0.15) is 11.5 Å². The van der Waals surface area contributed by atoms with E-state index in [2.05, 4.69) is 48.3 Å². The van der Waals surface area contributed by atoms with Gasteiger partial charge in [-0.1, -0.05) is 27.7 Å². The Morgan fingerprint density at radius 2 is 2.05 bits per heavy atom. The van der Waals surface area contributed by atoms with E-state index < -0.39 is 0 Å². The van der Waals surface area contributed by atoms with Gasteiger partial charge in [0.15, 0.2) is 0 Å². The van der Waals surface area contributed by atoms with Crippen LogP contribution < -0.4 is 10.6 Å². The summed E-state index contributed by atoms with van der Waals surface area (Å²) in [6.07, 6.45) is 5.13. The fraction of sp³-hybridized carbons (Fsp3) is 0.643. The van der Waals surface area contributed by atoms with Crippen molar-refractivity contribution in [3.05, 3.63) is 18.1 Å². The van der Waals surface area contributed by atoms with E-state index in [1.54, 1.807) is 6.20 Å². The minimum absolute atomic E-state index is 0.0984. The molecule has 1 heterocycles. The van der Waals surface area contributed by atoms with Crippen molar-refractivity contribution >= 4 is 11.7 Å². The molecular weight excluding hydrogens is 240 g/mol. The van der Waals surface area contributed by atoms with Crippen molar-refractivity contribution in [2.75, 3.05) is 18.4 Å². The third kappa shape index (κ3) is 5.24. The molecule has 5 nitrogen and oxygen atoms in total. The zero-order valence-corrected chi connectivity index (χ0v) is 12.3. The number of rotatable bonds is 7. The zero-order valence-electron chi connectivity index (χ0n) is 12.3. The van der Waals surface area contributed by atoms with Crippen molar-refractivity contribution in [3.63, 3.8) is 0 Å². The Balaban J connectivity index is 2.61. The molecule has 1 aromatic rings. The van der Waals surface area contributed by atoms with Crippen molar-refractivity contribution in [3.8, 4) is 0 Å². The first kappa shape index (κ1) is 15.4. The largest absolute Gasteiger partial charge is 0.369 e. The van der Waals surface area contributed by atoms with Crippen molar-refractivity contribution in [2.45, 2.75) is 40.5 Å². The molecule has 0 unspecified atom stereocenters. The number of nitrogens with one attached hydrogen (secondary N) is 2. The first-order valence-corrected chi connectivity index (χ1v) is 6.82. The molecule has 1 aromatic heterocycles. The highest BCUT2D eigenvalue weighted by atomic mass is 16.1. The lowest BCUT2D eigenvalue weighted by atomic mass is 9.90. The number of carbonyl (C=O) groups excluding carboxylic acids is 1. The van der Waals surface area contributed by atoms with Crippen LogP contribution in [0.1, 0.15) is 51.0 Å². The highest BCUT2D eigenvalue weighted by Crippen LogP contribution is 2.17. The lowest BCUT2D eigenvalue weighted by molar-refractivity contribution is 0.0930. The summed E-state index contributed by atoms with van der Waals surface area (Å²) in [6, 6.07) is 0. The second-order valence-electron chi connectivity index (χ2n) is 5.42. The van der Waals surface area contributed by atoms with Gasteiger partial charge in [0.25, 0.3) is 5.91 Å². The first-order valence-electron chi connectivity index (χ1n) is 6.82. The van der Waals surface area contributed by atoms with Gasteiger partial charge in [-0.05, 0) is 18.3 Å². The summed E-state index contributed by atoms with van der Waals surface area (Å²) >= 11 is 0. The van der Waals surface area contributed by atoms with E-state index in [9.17, 15) is 4.79 Å². The van der Waals surface area contributed by atoms with Crippen LogP contribution in [-0.4, -0.2) is 29.0 Å². The molecule has 0 radical (unpaired) electrons. The lowest BCUT2D eigenvalue weighted by Gasteiger charge is -2.22. The number of nitrogens with zero attached hydrogens (tertiary/aromatic N) is 2. The number of anilines is 1. The van der Waals surface area contributed by atoms with Gasteiger partial charge in [0.05, 0.1) is 12.4 Å². The zero-order chi connectivity index (χ0) is 14.3. The number of carbonyl (C=O) groups is 1. The number of amides is 1. The van der Waals surface area contributed by atoms with Gasteiger partial charge in [-0.2, -0.15) is 0 Å². The number of hydrogen-bond donors (Lipinski definition) is 2. The highest BCUT2D eigenvalue weighted by molar-refractivity contribution is 5.92. The molecule has 1 rings (SSSR count). The Morgan fingerprint density at radius 1 is 1.32 bits per heavy atom. The van der Waals surface area contributed by atoms with E-state index in [0.717, 1.165) is 19.4 Å². The van der Waals surface area contributed by atoms with Crippen LogP contribution in [0.3, 0.4) is 0 Å². The Labute approximate surface area is 115 Å². The second kappa shape index (κ2) is 7.07. The maximum atomic E-state index is 12.0. The third-order valence-corrected chi connectivity index (χ3v) is 3.11. The van der Waals surface area contributed by atoms with Gasteiger partial charge in [-0.3, -0.25) is 9.78 Å². The van der Waals surface area contributed by atoms with Crippen LogP contribution in [-0.2, 0) is 0 Å². The molecule has 0 saturated carbocycles. The summed E-state index contributed by atoms with van der Waals surface area (Å²) in [5.41, 5.74) is 0.453. The molecule has 0 spiro atoms. The molecule has 2 N–H and O–H groups in total. The van der Waals surface area contributed by atoms with E-state index in [4.69, 9.17) is 0 Å². The van der Waals surface area contributed by atoms with Crippen LogP contribution in [0.4, 0.5) is 5.82 Å². The van der Waals surface area contributed by atoms with Gasteiger partial charge in [0.2, 0.25) is 0 Å². The maximum absolute atomic E-state index is 12.0. The van der Waals surface area contributed by atoms with E-state index in [0.29, 0.717) is 18.1 Å². The summed E-state index contributed by atoms with van der Waals surface area (Å²) in [5, 5.41) is 6.02. The molecule has 106 valence electrons. The molecule has 5 heteroatoms. The molecule has 0 aliphatic rings. The molecular formula is C14H24N4O. The number of hydrogen-bond acceptors (Lipinski definition) is 4. The normalized spacial score (nSPS) is 11.2. The van der Waals surface area contributed by atoms with E-state index in [1.807, 2.05) is 0 Å². The molecule has 0 aliphatic carbocycles. The van der Waals surface area contributed by atoms with Crippen molar-refractivity contribution in [1.82, 2.24) is 15.3 Å². The van der Waals surface area contributed by atoms with Crippen LogP contribution in [0, 0.1) is 5.41 Å². The van der Waals surface area contributed by atoms with Crippen LogP contribution >= 0.6 is 0 Å². The highest BCUT2D eigenvalue weighted by Gasteiger charge is 2.17. The Bertz CT molecular complexity index is 418. The predicted octanol–water partition coefficient (Wildman–Crippen LogP) is 2.46. The van der Waals surface area contributed by atoms with Crippen molar-refractivity contribution < 1.29 is 4.79 Å². The van der Waals surface area contributed by atoms with Gasteiger partial charge in [0, 0.05) is 13.1 Å². The smallest absolute Gasteiger partial charge is 0.271 e. The summed E-state index contributed by atoms with van der Waals surface area (Å²) in [7, 11) is 0. The monoisotopic (exact) mass is 264 g/mol. The van der Waals surface area contributed by atoms with Crippen LogP contribution in [0.15, 0.2) is 12.4 Å². The fourth-order valence-corrected chi connectivity index (χ4v) is 1.35. The third-order valence-electron chi connectivity index (χ3n) is 3.11. The average Bonchev–Trinajstić information content (AvgIpc) is 2.43. The average molecular weight is 264 g/mol. The second-order valence-corrected chi connectivity index (χ2v) is 5.42. The molecule has 19 heavy (non-hydrogen) atoms. The molecule has 0 aliphatic heterocycles. The van der Waals surface area contributed by atoms with Gasteiger partial charge in [-0.15, -0.1) is 0 Å². The minimum Gasteiger partial charge on any atom is -0.369 e. The lowest BCUT2D eigenvalue weighted by Crippen LogP contribution is -2.34. The minimum atomic E-state index is -0.172. The molecule has 0 aromatic carbocycles. The van der Waals surface area contributed by atoms with Crippen molar-refractivity contribution in [2.24, 2.45) is 5.41 Å². The fourth-order valence-electron chi connectivity index (χ4n) is 1.35. The van der Waals surface area contributed by atoms with Crippen LogP contribution in [0.2, 0.25) is 0 Å². The van der Waals surface area contributed by atoms with Gasteiger partial charge >= 0.3 is 0 Å². The molecule has 1 amide bonds. The molecule has 0 saturated heterocycles. The summed E-state index contributed by atoms with van der Waals surface area (Å²) in [5.74, 6) is 0.471. The summed E-state index contributed by atoms with van der Waals surface area (Å²) in [4.78, 5) is 20.3. The summed E-state index contributed by atoms with van der Waals surface area (Å²) < 4.78 is 0. The molecule has 0 fully saturated rings. The predicted molar refractivity (Wildman–Crippen MR) is 77.2 cm³/mol.